The van der Waals surface area contributed by atoms with Crippen LogP contribution in [-0.2, 0) is 0 Å². The van der Waals surface area contributed by atoms with Crippen LogP contribution in [0.2, 0.25) is 0 Å². The van der Waals surface area contributed by atoms with Gasteiger partial charge in [-0.2, -0.15) is 0 Å². The van der Waals surface area contributed by atoms with Gasteiger partial charge in [-0.1, -0.05) is 19.9 Å². The van der Waals surface area contributed by atoms with Crippen LogP contribution in [0.3, 0.4) is 0 Å². The van der Waals surface area contributed by atoms with Gasteiger partial charge in [0.05, 0.1) is 13.7 Å². The fourth-order valence-electron chi connectivity index (χ4n) is 2.46. The maximum Gasteiger partial charge on any atom is 0.191 e. The van der Waals surface area contributed by atoms with Crippen LogP contribution in [0.4, 0.5) is 0 Å². The summed E-state index contributed by atoms with van der Waals surface area (Å²) in [6.45, 7) is 11.3. The SMILES string of the molecule is CCN(CC)CCCNC(=NC)NCC(C)Oc1cccc(OC)c1. The smallest absolute Gasteiger partial charge is 0.191 e. The Balaban J connectivity index is 2.29. The lowest BCUT2D eigenvalue weighted by Crippen LogP contribution is -2.42. The van der Waals surface area contributed by atoms with E-state index >= 15 is 0 Å². The van der Waals surface area contributed by atoms with Gasteiger partial charge in [0.2, 0.25) is 0 Å². The highest BCUT2D eigenvalue weighted by Gasteiger charge is 2.07. The zero-order valence-electron chi connectivity index (χ0n) is 16.3. The first kappa shape index (κ1) is 21.1. The Morgan fingerprint density at radius 2 is 1.92 bits per heavy atom. The van der Waals surface area contributed by atoms with Crippen LogP contribution in [0.25, 0.3) is 0 Å². The number of rotatable bonds is 11. The Morgan fingerprint density at radius 1 is 1.20 bits per heavy atom. The number of hydrogen-bond acceptors (Lipinski definition) is 4. The quantitative estimate of drug-likeness (QED) is 0.364. The molecule has 0 heterocycles. The average molecular weight is 351 g/mol. The predicted molar refractivity (Wildman–Crippen MR) is 105 cm³/mol. The number of ether oxygens (including phenoxy) is 2. The monoisotopic (exact) mass is 350 g/mol. The van der Waals surface area contributed by atoms with E-state index in [0.717, 1.165) is 50.1 Å². The summed E-state index contributed by atoms with van der Waals surface area (Å²) in [7, 11) is 3.44. The summed E-state index contributed by atoms with van der Waals surface area (Å²) in [5.41, 5.74) is 0. The third-order valence-corrected chi connectivity index (χ3v) is 4.00. The van der Waals surface area contributed by atoms with Crippen LogP contribution >= 0.6 is 0 Å². The molecule has 1 unspecified atom stereocenters. The standard InChI is InChI=1S/C19H34N4O2/c1-6-23(7-2)13-9-12-21-19(20-4)22-15-16(3)25-18-11-8-10-17(14-18)24-5/h8,10-11,14,16H,6-7,9,12-13,15H2,1-5H3,(H2,20,21,22). The topological polar surface area (TPSA) is 58.1 Å². The molecule has 1 atom stereocenters. The molecule has 1 aromatic rings. The number of aliphatic imine (C=N–C) groups is 1. The first-order valence-corrected chi connectivity index (χ1v) is 9.10. The highest BCUT2D eigenvalue weighted by molar-refractivity contribution is 5.79. The van der Waals surface area contributed by atoms with E-state index < -0.39 is 0 Å². The molecule has 1 rings (SSSR count). The minimum atomic E-state index is 0.0151. The molecular weight excluding hydrogens is 316 g/mol. The lowest BCUT2D eigenvalue weighted by atomic mass is 10.3. The van der Waals surface area contributed by atoms with E-state index in [-0.39, 0.29) is 6.10 Å². The van der Waals surface area contributed by atoms with E-state index in [9.17, 15) is 0 Å². The van der Waals surface area contributed by atoms with Gasteiger partial charge in [-0.25, -0.2) is 0 Å². The van der Waals surface area contributed by atoms with Gasteiger partial charge in [0.25, 0.3) is 0 Å². The van der Waals surface area contributed by atoms with Gasteiger partial charge >= 0.3 is 0 Å². The molecule has 0 saturated carbocycles. The minimum absolute atomic E-state index is 0.0151. The Bertz CT molecular complexity index is 504. The van der Waals surface area contributed by atoms with Gasteiger partial charge in [0.1, 0.15) is 17.6 Å². The van der Waals surface area contributed by atoms with Crippen LogP contribution in [-0.4, -0.2) is 63.8 Å². The maximum absolute atomic E-state index is 5.91. The Morgan fingerprint density at radius 3 is 2.56 bits per heavy atom. The van der Waals surface area contributed by atoms with Crippen molar-refractivity contribution in [2.75, 3.05) is 46.9 Å². The summed E-state index contributed by atoms with van der Waals surface area (Å²) in [4.78, 5) is 6.68. The van der Waals surface area contributed by atoms with Crippen LogP contribution < -0.4 is 20.1 Å². The van der Waals surface area contributed by atoms with Gasteiger partial charge in [0.15, 0.2) is 5.96 Å². The lowest BCUT2D eigenvalue weighted by molar-refractivity contribution is 0.223. The average Bonchev–Trinajstić information content (AvgIpc) is 2.64. The molecule has 25 heavy (non-hydrogen) atoms. The second-order valence-electron chi connectivity index (χ2n) is 5.87. The van der Waals surface area contributed by atoms with Crippen molar-refractivity contribution in [2.45, 2.75) is 33.3 Å². The molecule has 6 heteroatoms. The van der Waals surface area contributed by atoms with E-state index in [4.69, 9.17) is 9.47 Å². The number of hydrogen-bond donors (Lipinski definition) is 2. The van der Waals surface area contributed by atoms with Gasteiger partial charge in [0, 0.05) is 19.7 Å². The van der Waals surface area contributed by atoms with Crippen molar-refractivity contribution in [1.29, 1.82) is 0 Å². The largest absolute Gasteiger partial charge is 0.497 e. The molecule has 0 aliphatic rings. The van der Waals surface area contributed by atoms with Crippen LogP contribution in [0, 0.1) is 0 Å². The molecule has 6 nitrogen and oxygen atoms in total. The summed E-state index contributed by atoms with van der Waals surface area (Å²) in [6.07, 6.45) is 1.11. The Labute approximate surface area is 152 Å². The minimum Gasteiger partial charge on any atom is -0.497 e. The fourth-order valence-corrected chi connectivity index (χ4v) is 2.46. The molecule has 0 spiro atoms. The molecular formula is C19H34N4O2. The van der Waals surface area contributed by atoms with Crippen molar-refractivity contribution < 1.29 is 9.47 Å². The molecule has 0 radical (unpaired) electrons. The molecule has 1 aromatic carbocycles. The number of guanidine groups is 1. The van der Waals surface area contributed by atoms with Crippen molar-refractivity contribution >= 4 is 5.96 Å². The van der Waals surface area contributed by atoms with Crippen molar-refractivity contribution in [1.82, 2.24) is 15.5 Å². The van der Waals surface area contributed by atoms with Gasteiger partial charge < -0.3 is 25.0 Å². The zero-order valence-corrected chi connectivity index (χ0v) is 16.3. The number of methoxy groups -OCH3 is 1. The second-order valence-corrected chi connectivity index (χ2v) is 5.87. The van der Waals surface area contributed by atoms with Crippen LogP contribution in [0.1, 0.15) is 27.2 Å². The third kappa shape index (κ3) is 8.63. The second kappa shape index (κ2) is 12.4. The zero-order chi connectivity index (χ0) is 18.5. The summed E-state index contributed by atoms with van der Waals surface area (Å²) in [5, 5.41) is 6.65. The molecule has 0 bridgehead atoms. The summed E-state index contributed by atoms with van der Waals surface area (Å²) >= 11 is 0. The van der Waals surface area contributed by atoms with Crippen LogP contribution in [0.15, 0.2) is 29.3 Å². The molecule has 142 valence electrons. The number of nitrogens with one attached hydrogen (secondary N) is 2. The molecule has 2 N–H and O–H groups in total. The highest BCUT2D eigenvalue weighted by atomic mass is 16.5. The van der Waals surface area contributed by atoms with E-state index in [1.165, 1.54) is 0 Å². The van der Waals surface area contributed by atoms with Crippen molar-refractivity contribution in [3.05, 3.63) is 24.3 Å². The van der Waals surface area contributed by atoms with Gasteiger partial charge in [-0.15, -0.1) is 0 Å². The summed E-state index contributed by atoms with van der Waals surface area (Å²) < 4.78 is 11.1. The Kier molecular flexibility index (Phi) is 10.5. The maximum atomic E-state index is 5.91. The molecule has 0 amide bonds. The number of nitrogens with zero attached hydrogens (tertiary/aromatic N) is 2. The summed E-state index contributed by atoms with van der Waals surface area (Å²) in [6, 6.07) is 7.64. The van der Waals surface area contributed by atoms with E-state index in [1.54, 1.807) is 14.2 Å². The molecule has 0 aliphatic carbocycles. The molecule has 0 saturated heterocycles. The summed E-state index contributed by atoms with van der Waals surface area (Å²) in [5.74, 6) is 2.40. The van der Waals surface area contributed by atoms with E-state index in [1.807, 2.05) is 31.2 Å². The fraction of sp³-hybridized carbons (Fsp3) is 0.632. The molecule has 0 aromatic heterocycles. The van der Waals surface area contributed by atoms with Crippen LogP contribution in [0.5, 0.6) is 11.5 Å². The third-order valence-electron chi connectivity index (χ3n) is 4.00. The van der Waals surface area contributed by atoms with E-state index in [0.29, 0.717) is 6.54 Å². The highest BCUT2D eigenvalue weighted by Crippen LogP contribution is 2.19. The van der Waals surface area contributed by atoms with Gasteiger partial charge in [-0.05, 0) is 45.1 Å². The van der Waals surface area contributed by atoms with Crippen molar-refractivity contribution in [2.24, 2.45) is 4.99 Å². The van der Waals surface area contributed by atoms with Gasteiger partial charge in [-0.3, -0.25) is 4.99 Å². The number of benzene rings is 1. The normalized spacial score (nSPS) is 12.8. The lowest BCUT2D eigenvalue weighted by Gasteiger charge is -2.20. The van der Waals surface area contributed by atoms with E-state index in [2.05, 4.69) is 34.4 Å². The first-order chi connectivity index (χ1) is 12.1. The molecule has 0 aliphatic heterocycles. The van der Waals surface area contributed by atoms with Crippen molar-refractivity contribution in [3.8, 4) is 11.5 Å². The first-order valence-electron chi connectivity index (χ1n) is 9.10. The van der Waals surface area contributed by atoms with Crippen molar-refractivity contribution in [3.63, 3.8) is 0 Å². The predicted octanol–water partition coefficient (Wildman–Crippen LogP) is 2.36. The Hall–Kier alpha value is -1.95. The molecule has 0 fully saturated rings.